The molecule has 22 heavy (non-hydrogen) atoms. The van der Waals surface area contributed by atoms with E-state index in [1.54, 1.807) is 18.2 Å². The minimum Gasteiger partial charge on any atom is -0.375 e. The van der Waals surface area contributed by atoms with E-state index in [1.807, 2.05) is 6.92 Å². The van der Waals surface area contributed by atoms with Crippen LogP contribution in [0.15, 0.2) is 29.2 Å². The van der Waals surface area contributed by atoms with Crippen molar-refractivity contribution >= 4 is 21.6 Å². The highest BCUT2D eigenvalue weighted by Crippen LogP contribution is 2.46. The SMILES string of the molecule is CCO[C@@H]1C[C@@H](NS(=O)(=O)c2ccccc2Cl)[C@]12CCCO2. The Labute approximate surface area is 136 Å². The second-order valence-electron chi connectivity index (χ2n) is 5.69. The van der Waals surface area contributed by atoms with Gasteiger partial charge in [0.25, 0.3) is 0 Å². The second-order valence-corrected chi connectivity index (χ2v) is 7.78. The maximum atomic E-state index is 12.6. The summed E-state index contributed by atoms with van der Waals surface area (Å²) in [5.74, 6) is 0. The molecule has 2 aliphatic rings. The molecule has 3 atom stereocenters. The van der Waals surface area contributed by atoms with Crippen LogP contribution in [0.1, 0.15) is 26.2 Å². The maximum absolute atomic E-state index is 12.6. The Bertz CT molecular complexity index is 643. The van der Waals surface area contributed by atoms with Crippen LogP contribution >= 0.6 is 11.6 Å². The molecule has 1 heterocycles. The van der Waals surface area contributed by atoms with Gasteiger partial charge in [0.15, 0.2) is 0 Å². The van der Waals surface area contributed by atoms with Crippen LogP contribution in [0.5, 0.6) is 0 Å². The van der Waals surface area contributed by atoms with Gasteiger partial charge >= 0.3 is 0 Å². The van der Waals surface area contributed by atoms with Crippen LogP contribution in [0.4, 0.5) is 0 Å². The summed E-state index contributed by atoms with van der Waals surface area (Å²) in [6.45, 7) is 3.18. The van der Waals surface area contributed by atoms with Gasteiger partial charge in [-0.3, -0.25) is 0 Å². The second kappa shape index (κ2) is 6.09. The first-order valence-electron chi connectivity index (χ1n) is 7.52. The lowest BCUT2D eigenvalue weighted by molar-refractivity contribution is -0.193. The zero-order chi connectivity index (χ0) is 15.8. The summed E-state index contributed by atoms with van der Waals surface area (Å²) in [6, 6.07) is 6.17. The van der Waals surface area contributed by atoms with Gasteiger partial charge in [0, 0.05) is 13.2 Å². The highest BCUT2D eigenvalue weighted by atomic mass is 35.5. The lowest BCUT2D eigenvalue weighted by Gasteiger charge is -2.52. The molecule has 1 saturated carbocycles. The van der Waals surface area contributed by atoms with Crippen LogP contribution in [0.25, 0.3) is 0 Å². The molecule has 3 rings (SSSR count). The van der Waals surface area contributed by atoms with E-state index in [9.17, 15) is 8.42 Å². The first-order chi connectivity index (χ1) is 10.5. The molecule has 0 amide bonds. The average molecular weight is 346 g/mol. The molecular weight excluding hydrogens is 326 g/mol. The summed E-state index contributed by atoms with van der Waals surface area (Å²) in [7, 11) is -3.67. The number of halogens is 1. The van der Waals surface area contributed by atoms with E-state index < -0.39 is 15.6 Å². The number of hydrogen-bond acceptors (Lipinski definition) is 4. The fourth-order valence-corrected chi connectivity index (χ4v) is 5.18. The minimum absolute atomic E-state index is 0.0426. The molecule has 2 fully saturated rings. The Morgan fingerprint density at radius 1 is 1.45 bits per heavy atom. The Hall–Kier alpha value is -0.660. The summed E-state index contributed by atoms with van der Waals surface area (Å²) in [4.78, 5) is 0.102. The van der Waals surface area contributed by atoms with Crippen LogP contribution in [0.2, 0.25) is 5.02 Å². The summed E-state index contributed by atoms with van der Waals surface area (Å²) < 4.78 is 39.5. The van der Waals surface area contributed by atoms with Crippen LogP contribution in [-0.2, 0) is 19.5 Å². The smallest absolute Gasteiger partial charge is 0.242 e. The summed E-state index contributed by atoms with van der Waals surface area (Å²) in [5, 5.41) is 0.220. The minimum atomic E-state index is -3.67. The monoisotopic (exact) mass is 345 g/mol. The third kappa shape index (κ3) is 2.67. The van der Waals surface area contributed by atoms with E-state index in [0.717, 1.165) is 12.8 Å². The third-order valence-electron chi connectivity index (χ3n) is 4.46. The molecule has 7 heteroatoms. The van der Waals surface area contributed by atoms with Gasteiger partial charge in [-0.1, -0.05) is 23.7 Å². The Kier molecular flexibility index (Phi) is 4.49. The molecule has 1 spiro atoms. The average Bonchev–Trinajstić information content (AvgIpc) is 2.99. The number of ether oxygens (including phenoxy) is 2. The zero-order valence-corrected chi connectivity index (χ0v) is 14.0. The molecule has 1 aromatic carbocycles. The fourth-order valence-electron chi connectivity index (χ4n) is 3.36. The highest BCUT2D eigenvalue weighted by Gasteiger charge is 2.59. The van der Waals surface area contributed by atoms with Crippen LogP contribution < -0.4 is 4.72 Å². The fraction of sp³-hybridized carbons (Fsp3) is 0.600. The van der Waals surface area contributed by atoms with Gasteiger partial charge in [0.2, 0.25) is 10.0 Å². The molecule has 1 N–H and O–H groups in total. The number of hydrogen-bond donors (Lipinski definition) is 1. The molecule has 1 saturated heterocycles. The number of rotatable bonds is 5. The van der Waals surface area contributed by atoms with Crippen molar-refractivity contribution in [1.29, 1.82) is 0 Å². The predicted octanol–water partition coefficient (Wildman–Crippen LogP) is 2.34. The number of benzene rings is 1. The molecule has 1 aliphatic carbocycles. The van der Waals surface area contributed by atoms with Crippen molar-refractivity contribution < 1.29 is 17.9 Å². The van der Waals surface area contributed by atoms with Crippen molar-refractivity contribution in [3.05, 3.63) is 29.3 Å². The van der Waals surface area contributed by atoms with Gasteiger partial charge in [0.1, 0.15) is 10.5 Å². The summed E-state index contributed by atoms with van der Waals surface area (Å²) >= 11 is 6.01. The van der Waals surface area contributed by atoms with Crippen molar-refractivity contribution in [1.82, 2.24) is 4.72 Å². The van der Waals surface area contributed by atoms with Crippen LogP contribution in [0, 0.1) is 0 Å². The van der Waals surface area contributed by atoms with Crippen molar-refractivity contribution in [3.63, 3.8) is 0 Å². The van der Waals surface area contributed by atoms with Gasteiger partial charge < -0.3 is 9.47 Å². The lowest BCUT2D eigenvalue weighted by Crippen LogP contribution is -2.69. The van der Waals surface area contributed by atoms with E-state index in [1.165, 1.54) is 6.07 Å². The van der Waals surface area contributed by atoms with E-state index in [0.29, 0.717) is 19.6 Å². The molecule has 0 radical (unpaired) electrons. The molecule has 122 valence electrons. The van der Waals surface area contributed by atoms with Gasteiger partial charge in [-0.05, 0) is 38.3 Å². The Morgan fingerprint density at radius 2 is 2.23 bits per heavy atom. The van der Waals surface area contributed by atoms with E-state index in [2.05, 4.69) is 4.72 Å². The first kappa shape index (κ1) is 16.2. The predicted molar refractivity (Wildman–Crippen MR) is 83.5 cm³/mol. The van der Waals surface area contributed by atoms with Crippen LogP contribution in [-0.4, -0.2) is 39.4 Å². The molecule has 5 nitrogen and oxygen atoms in total. The highest BCUT2D eigenvalue weighted by molar-refractivity contribution is 7.89. The lowest BCUT2D eigenvalue weighted by atomic mass is 9.70. The van der Waals surface area contributed by atoms with Crippen molar-refractivity contribution in [2.24, 2.45) is 0 Å². The number of nitrogens with one attached hydrogen (secondary N) is 1. The molecule has 0 bridgehead atoms. The summed E-state index contributed by atoms with van der Waals surface area (Å²) in [5.41, 5.74) is -0.523. The first-order valence-corrected chi connectivity index (χ1v) is 9.38. The number of sulfonamides is 1. The Balaban J connectivity index is 1.80. The van der Waals surface area contributed by atoms with Crippen molar-refractivity contribution in [2.45, 2.75) is 48.8 Å². The zero-order valence-electron chi connectivity index (χ0n) is 12.4. The summed E-state index contributed by atoms with van der Waals surface area (Å²) in [6.07, 6.45) is 2.32. The van der Waals surface area contributed by atoms with E-state index in [4.69, 9.17) is 21.1 Å². The third-order valence-corrected chi connectivity index (χ3v) is 6.43. The van der Waals surface area contributed by atoms with E-state index >= 15 is 0 Å². The Morgan fingerprint density at radius 3 is 2.86 bits per heavy atom. The van der Waals surface area contributed by atoms with E-state index in [-0.39, 0.29) is 22.1 Å². The van der Waals surface area contributed by atoms with Gasteiger partial charge in [-0.2, -0.15) is 0 Å². The molecule has 1 aromatic rings. The molecular formula is C15H20ClNO4S. The topological polar surface area (TPSA) is 64.6 Å². The van der Waals surface area contributed by atoms with Gasteiger partial charge in [0.05, 0.1) is 17.2 Å². The van der Waals surface area contributed by atoms with Gasteiger partial charge in [-0.25, -0.2) is 13.1 Å². The van der Waals surface area contributed by atoms with Gasteiger partial charge in [-0.15, -0.1) is 0 Å². The van der Waals surface area contributed by atoms with Crippen molar-refractivity contribution in [2.75, 3.05) is 13.2 Å². The normalized spacial score (nSPS) is 31.4. The largest absolute Gasteiger partial charge is 0.375 e. The van der Waals surface area contributed by atoms with Crippen molar-refractivity contribution in [3.8, 4) is 0 Å². The molecule has 0 aromatic heterocycles. The standard InChI is InChI=1S/C15H20ClNO4S/c1-2-20-14-10-13(15(14)8-5-9-21-15)17-22(18,19)12-7-4-3-6-11(12)16/h3-4,6-7,13-14,17H,2,5,8-10H2,1H3/t13-,14-,15-/m1/s1. The maximum Gasteiger partial charge on any atom is 0.242 e. The van der Waals surface area contributed by atoms with Crippen LogP contribution in [0.3, 0.4) is 0 Å². The quantitative estimate of drug-likeness (QED) is 0.889. The molecule has 0 unspecified atom stereocenters. The molecule has 1 aliphatic heterocycles.